The number of carbonyl (C=O) groups is 4. The largest absolute Gasteiger partial charge is 0.365 e. The summed E-state index contributed by atoms with van der Waals surface area (Å²) in [5.41, 5.74) is 4.14. The average molecular weight is 862 g/mol. The van der Waals surface area contributed by atoms with Gasteiger partial charge in [-0.05, 0) is 108 Å². The zero-order valence-electron chi connectivity index (χ0n) is 36.0. The van der Waals surface area contributed by atoms with E-state index in [4.69, 9.17) is 16.6 Å². The Hall–Kier alpha value is -5.85. The summed E-state index contributed by atoms with van der Waals surface area (Å²) >= 11 is 6.32. The van der Waals surface area contributed by atoms with Gasteiger partial charge in [0.05, 0.1) is 33.7 Å². The fraction of sp³-hybridized carbons (Fsp3) is 0.478. The standard InChI is InChI=1S/C46H56ClN11O4/c1-30(2)55-17-12-38-40(55)23-35(24-41(38)56-18-13-43(59)51-46(56)62)44(60)54-21-19-52(20-22-54)14-9-33-10-15-53(16-11-33)42-8-6-36(27-49-42)50-45(61)58-29-31(3)57(28-32(58)4)37-7-5-34(26-48)39(47)25-37/h5-8,12,17,23-25,27,30-33H,9-11,13-16,18-22,28-29H2,1-4H3,(H,50,61)(H,51,59,62)/t31-,32+/m0/s1. The maximum absolute atomic E-state index is 14.0. The molecule has 0 spiro atoms. The van der Waals surface area contributed by atoms with Crippen molar-refractivity contribution >= 4 is 69.3 Å². The van der Waals surface area contributed by atoms with Gasteiger partial charge in [0, 0.05) is 106 Å². The lowest BCUT2D eigenvalue weighted by Crippen LogP contribution is -2.59. The maximum atomic E-state index is 14.0. The summed E-state index contributed by atoms with van der Waals surface area (Å²) in [7, 11) is 0. The van der Waals surface area contributed by atoms with Crippen LogP contribution in [-0.4, -0.2) is 126 Å². The van der Waals surface area contributed by atoms with Crippen LogP contribution in [0.5, 0.6) is 0 Å². The highest BCUT2D eigenvalue weighted by Crippen LogP contribution is 2.34. The molecule has 0 aliphatic carbocycles. The van der Waals surface area contributed by atoms with Crippen LogP contribution in [0.25, 0.3) is 10.9 Å². The van der Waals surface area contributed by atoms with Crippen LogP contribution in [0.15, 0.2) is 60.9 Å². The molecule has 2 aromatic carbocycles. The van der Waals surface area contributed by atoms with Crippen molar-refractivity contribution in [1.82, 2.24) is 29.6 Å². The first-order valence-electron chi connectivity index (χ1n) is 21.9. The number of nitrogens with zero attached hydrogens (tertiary/aromatic N) is 9. The molecule has 0 saturated carbocycles. The molecule has 326 valence electrons. The van der Waals surface area contributed by atoms with Gasteiger partial charge in [0.25, 0.3) is 5.91 Å². The second-order valence-electron chi connectivity index (χ2n) is 17.5. The number of amides is 6. The molecule has 6 amide bonds. The number of pyridine rings is 1. The van der Waals surface area contributed by atoms with Gasteiger partial charge in [-0.2, -0.15) is 5.26 Å². The summed E-state index contributed by atoms with van der Waals surface area (Å²) in [6, 6.07) is 16.8. The van der Waals surface area contributed by atoms with Gasteiger partial charge >= 0.3 is 12.1 Å². The molecule has 15 nitrogen and oxygen atoms in total. The quantitative estimate of drug-likeness (QED) is 0.185. The molecule has 8 rings (SSSR count). The number of hydrogen-bond acceptors (Lipinski definition) is 9. The molecule has 16 heteroatoms. The van der Waals surface area contributed by atoms with Crippen molar-refractivity contribution in [3.63, 3.8) is 0 Å². The second-order valence-corrected chi connectivity index (χ2v) is 17.9. The van der Waals surface area contributed by atoms with Gasteiger partial charge in [-0.25, -0.2) is 14.6 Å². The van der Waals surface area contributed by atoms with Gasteiger partial charge in [-0.3, -0.25) is 24.7 Å². The highest BCUT2D eigenvalue weighted by molar-refractivity contribution is 6.32. The Bertz CT molecular complexity index is 2360. The number of urea groups is 2. The Morgan fingerprint density at radius 3 is 2.40 bits per heavy atom. The highest BCUT2D eigenvalue weighted by Gasteiger charge is 2.33. The smallest absolute Gasteiger partial charge is 0.328 e. The molecular formula is C46H56ClN11O4. The molecule has 4 aliphatic heterocycles. The number of piperazine rings is 2. The van der Waals surface area contributed by atoms with E-state index in [1.54, 1.807) is 17.2 Å². The molecule has 0 radical (unpaired) electrons. The average Bonchev–Trinajstić information content (AvgIpc) is 3.71. The van der Waals surface area contributed by atoms with Crippen LogP contribution in [0.4, 0.5) is 32.5 Å². The van der Waals surface area contributed by atoms with E-state index in [0.717, 1.165) is 74.4 Å². The lowest BCUT2D eigenvalue weighted by molar-refractivity contribution is -0.120. The molecule has 2 aromatic heterocycles. The minimum atomic E-state index is -0.460. The summed E-state index contributed by atoms with van der Waals surface area (Å²) in [5.74, 6) is 1.20. The summed E-state index contributed by atoms with van der Waals surface area (Å²) in [4.78, 5) is 69.3. The number of carbonyl (C=O) groups excluding carboxylic acids is 4. The van der Waals surface area contributed by atoms with Crippen LogP contribution in [0.1, 0.15) is 75.3 Å². The maximum Gasteiger partial charge on any atom is 0.328 e. The number of fused-ring (bicyclic) bond motifs is 1. The molecule has 4 fully saturated rings. The van der Waals surface area contributed by atoms with E-state index >= 15 is 0 Å². The number of piperidine rings is 1. The van der Waals surface area contributed by atoms with Gasteiger partial charge in [-0.15, -0.1) is 0 Å². The zero-order chi connectivity index (χ0) is 43.7. The van der Waals surface area contributed by atoms with Crippen molar-refractivity contribution < 1.29 is 19.2 Å². The van der Waals surface area contributed by atoms with Crippen LogP contribution >= 0.6 is 11.6 Å². The first-order valence-corrected chi connectivity index (χ1v) is 22.3. The third-order valence-corrected chi connectivity index (χ3v) is 13.4. The van der Waals surface area contributed by atoms with E-state index in [1.165, 1.54) is 0 Å². The molecule has 2 N–H and O–H groups in total. The van der Waals surface area contributed by atoms with E-state index in [9.17, 15) is 24.4 Å². The molecule has 4 aliphatic rings. The van der Waals surface area contributed by atoms with E-state index in [0.29, 0.717) is 59.6 Å². The molecule has 62 heavy (non-hydrogen) atoms. The fourth-order valence-corrected chi connectivity index (χ4v) is 9.61. The number of nitrogens with one attached hydrogen (secondary N) is 2. The number of nitriles is 1. The van der Waals surface area contributed by atoms with Crippen molar-refractivity contribution in [2.75, 3.05) is 85.5 Å². The van der Waals surface area contributed by atoms with Crippen molar-refractivity contribution in [2.45, 2.75) is 71.5 Å². The monoisotopic (exact) mass is 861 g/mol. The molecule has 4 aromatic rings. The zero-order valence-corrected chi connectivity index (χ0v) is 36.8. The molecule has 4 saturated heterocycles. The SMILES string of the molecule is CC(C)n1ccc2c(N3CCC(=O)NC3=O)cc(C(=O)N3CCN(CCC4CCN(c5ccc(NC(=O)N6C[C@H](C)N(c7ccc(C#N)c(Cl)c7)C[C@H]6C)cn5)CC4)CC3)cc21. The molecule has 2 atom stereocenters. The third-order valence-electron chi connectivity index (χ3n) is 13.1. The topological polar surface area (TPSA) is 153 Å². The van der Waals surface area contributed by atoms with Crippen molar-refractivity contribution in [2.24, 2.45) is 5.92 Å². The van der Waals surface area contributed by atoms with Crippen molar-refractivity contribution in [3.8, 4) is 6.07 Å². The van der Waals surface area contributed by atoms with E-state index < -0.39 is 6.03 Å². The second kappa shape index (κ2) is 18.2. The van der Waals surface area contributed by atoms with Crippen LogP contribution in [0, 0.1) is 17.2 Å². The number of anilines is 4. The van der Waals surface area contributed by atoms with Gasteiger partial charge in [0.1, 0.15) is 11.9 Å². The normalized spacial score (nSPS) is 20.5. The van der Waals surface area contributed by atoms with Gasteiger partial charge in [0.15, 0.2) is 0 Å². The predicted molar refractivity (Wildman–Crippen MR) is 242 cm³/mol. The lowest BCUT2D eigenvalue weighted by Gasteiger charge is -2.45. The first-order chi connectivity index (χ1) is 29.9. The van der Waals surface area contributed by atoms with E-state index in [2.05, 4.69) is 56.7 Å². The van der Waals surface area contributed by atoms with Crippen molar-refractivity contribution in [1.29, 1.82) is 5.26 Å². The van der Waals surface area contributed by atoms with Gasteiger partial charge in [0.2, 0.25) is 5.91 Å². The Balaban J connectivity index is 0.784. The minimum absolute atomic E-state index is 0.0414. The third kappa shape index (κ3) is 9.03. The Labute approximate surface area is 368 Å². The number of imide groups is 1. The van der Waals surface area contributed by atoms with Crippen LogP contribution < -0.4 is 25.3 Å². The molecule has 0 bridgehead atoms. The first kappa shape index (κ1) is 42.8. The highest BCUT2D eigenvalue weighted by atomic mass is 35.5. The molecule has 6 heterocycles. The number of benzene rings is 2. The van der Waals surface area contributed by atoms with Crippen LogP contribution in [0.2, 0.25) is 5.02 Å². The Kier molecular flexibility index (Phi) is 12.6. The predicted octanol–water partition coefficient (Wildman–Crippen LogP) is 6.78. The fourth-order valence-electron chi connectivity index (χ4n) is 9.39. The van der Waals surface area contributed by atoms with E-state index in [-0.39, 0.29) is 48.9 Å². The number of aromatic nitrogens is 2. The van der Waals surface area contributed by atoms with Gasteiger partial charge in [-0.1, -0.05) is 11.6 Å². The Morgan fingerprint density at radius 1 is 0.952 bits per heavy atom. The molecular weight excluding hydrogens is 806 g/mol. The molecule has 0 unspecified atom stereocenters. The van der Waals surface area contributed by atoms with Crippen molar-refractivity contribution in [3.05, 3.63) is 77.1 Å². The Morgan fingerprint density at radius 2 is 1.73 bits per heavy atom. The summed E-state index contributed by atoms with van der Waals surface area (Å²) in [5, 5.41) is 16.0. The van der Waals surface area contributed by atoms with E-state index in [1.807, 2.05) is 65.4 Å². The summed E-state index contributed by atoms with van der Waals surface area (Å²) in [6.45, 7) is 15.5. The van der Waals surface area contributed by atoms with Gasteiger partial charge < -0.3 is 29.5 Å². The van der Waals surface area contributed by atoms with Crippen LogP contribution in [-0.2, 0) is 4.79 Å². The lowest BCUT2D eigenvalue weighted by atomic mass is 9.93. The number of rotatable bonds is 9. The number of halogens is 1. The summed E-state index contributed by atoms with van der Waals surface area (Å²) in [6.07, 6.45) is 7.22. The minimum Gasteiger partial charge on any atom is -0.365 e. The number of hydrogen-bond donors (Lipinski definition) is 2. The van der Waals surface area contributed by atoms with Crippen LogP contribution in [0.3, 0.4) is 0 Å². The summed E-state index contributed by atoms with van der Waals surface area (Å²) < 4.78 is 2.11.